The van der Waals surface area contributed by atoms with Gasteiger partial charge in [0.05, 0.1) is 0 Å². The molecule has 0 amide bonds. The van der Waals surface area contributed by atoms with Crippen LogP contribution in [-0.4, -0.2) is 7.85 Å². The molecule has 0 radical (unpaired) electrons. The molecule has 0 saturated carbocycles. The maximum Gasteiger partial charge on any atom is 0.139 e. The molecule has 1 aromatic rings. The molecule has 0 saturated heterocycles. The molecular formula is C16H25BF2. The van der Waals surface area contributed by atoms with Gasteiger partial charge in [0.15, 0.2) is 0 Å². The molecule has 2 unspecified atom stereocenters. The third-order valence-electron chi connectivity index (χ3n) is 3.63. The van der Waals surface area contributed by atoms with Gasteiger partial charge in [-0.05, 0) is 24.0 Å². The van der Waals surface area contributed by atoms with E-state index in [0.717, 1.165) is 31.1 Å². The minimum atomic E-state index is -1.03. The number of benzene rings is 1. The Morgan fingerprint density at radius 2 is 1.58 bits per heavy atom. The van der Waals surface area contributed by atoms with Crippen molar-refractivity contribution >= 4 is 13.3 Å². The zero-order chi connectivity index (χ0) is 14.3. The van der Waals surface area contributed by atoms with Gasteiger partial charge in [0.25, 0.3) is 0 Å². The molecule has 0 aliphatic carbocycles. The lowest BCUT2D eigenvalue weighted by Gasteiger charge is -2.19. The molecule has 106 valence electrons. The highest BCUT2D eigenvalue weighted by molar-refractivity contribution is 6.33. The summed E-state index contributed by atoms with van der Waals surface area (Å²) in [6.07, 6.45) is 2.56. The smallest absolute Gasteiger partial charge is 0.139 e. The van der Waals surface area contributed by atoms with Gasteiger partial charge in [-0.15, -0.1) is 0 Å². The van der Waals surface area contributed by atoms with E-state index in [1.54, 1.807) is 6.07 Å². The molecule has 0 fully saturated rings. The second kappa shape index (κ2) is 8.34. The Kier molecular flexibility index (Phi) is 7.11. The lowest BCUT2D eigenvalue weighted by atomic mass is 9.82. The normalized spacial score (nSPS) is 14.3. The van der Waals surface area contributed by atoms with Crippen LogP contribution in [0.5, 0.6) is 0 Å². The van der Waals surface area contributed by atoms with Crippen LogP contribution < -0.4 is 5.46 Å². The summed E-state index contributed by atoms with van der Waals surface area (Å²) in [5.41, 5.74) is 2.04. The van der Waals surface area contributed by atoms with Gasteiger partial charge in [-0.3, -0.25) is 0 Å². The minimum Gasteiger partial charge on any atom is -0.242 e. The molecule has 0 N–H and O–H groups in total. The van der Waals surface area contributed by atoms with Crippen LogP contribution in [0, 0.1) is 0 Å². The fourth-order valence-electron chi connectivity index (χ4n) is 2.47. The zero-order valence-corrected chi connectivity index (χ0v) is 12.4. The Hall–Kier alpha value is -0.855. The number of halogens is 2. The fraction of sp³-hybridized carbons (Fsp3) is 0.625. The average molecular weight is 266 g/mol. The third kappa shape index (κ3) is 4.63. The first-order valence-electron chi connectivity index (χ1n) is 7.49. The van der Waals surface area contributed by atoms with Crippen molar-refractivity contribution in [3.63, 3.8) is 0 Å². The van der Waals surface area contributed by atoms with Crippen LogP contribution >= 0.6 is 0 Å². The first kappa shape index (κ1) is 16.2. The Morgan fingerprint density at radius 3 is 2.16 bits per heavy atom. The molecular weight excluding hydrogens is 241 g/mol. The van der Waals surface area contributed by atoms with Crippen molar-refractivity contribution in [1.29, 1.82) is 0 Å². The van der Waals surface area contributed by atoms with Crippen LogP contribution in [-0.2, 0) is 0 Å². The summed E-state index contributed by atoms with van der Waals surface area (Å²) in [6.45, 7) is 4.09. The molecule has 0 aromatic heterocycles. The second-order valence-electron chi connectivity index (χ2n) is 5.30. The van der Waals surface area contributed by atoms with Gasteiger partial charge in [0, 0.05) is 0 Å². The van der Waals surface area contributed by atoms with Gasteiger partial charge in [0.1, 0.15) is 20.2 Å². The minimum absolute atomic E-state index is 0.494. The van der Waals surface area contributed by atoms with E-state index in [-0.39, 0.29) is 0 Å². The Labute approximate surface area is 117 Å². The number of unbranched alkanes of at least 4 members (excludes halogenated alkanes) is 2. The molecule has 19 heavy (non-hydrogen) atoms. The van der Waals surface area contributed by atoms with Crippen LogP contribution in [0.25, 0.3) is 0 Å². The van der Waals surface area contributed by atoms with Crippen molar-refractivity contribution < 1.29 is 8.78 Å². The number of hydrogen-bond donors (Lipinski definition) is 0. The van der Waals surface area contributed by atoms with E-state index in [4.69, 9.17) is 0 Å². The van der Waals surface area contributed by atoms with Gasteiger partial charge in [-0.25, -0.2) is 8.78 Å². The van der Waals surface area contributed by atoms with Gasteiger partial charge >= 0.3 is 0 Å². The van der Waals surface area contributed by atoms with Gasteiger partial charge in [-0.2, -0.15) is 0 Å². The van der Waals surface area contributed by atoms with E-state index in [9.17, 15) is 8.78 Å². The molecule has 0 heterocycles. The second-order valence-corrected chi connectivity index (χ2v) is 5.30. The maximum absolute atomic E-state index is 14.4. The predicted molar refractivity (Wildman–Crippen MR) is 81.4 cm³/mol. The third-order valence-corrected chi connectivity index (χ3v) is 3.63. The SMILES string of the molecule is Bc1cccc(C(F)CCCC)c1C(F)CCCC. The molecule has 0 aliphatic heterocycles. The number of hydrogen-bond acceptors (Lipinski definition) is 0. The molecule has 0 bridgehead atoms. The van der Waals surface area contributed by atoms with Crippen LogP contribution in [0.4, 0.5) is 8.78 Å². The fourth-order valence-corrected chi connectivity index (χ4v) is 2.47. The summed E-state index contributed by atoms with van der Waals surface area (Å²) < 4.78 is 28.6. The average Bonchev–Trinajstić information content (AvgIpc) is 2.41. The van der Waals surface area contributed by atoms with E-state index in [0.29, 0.717) is 24.0 Å². The summed E-state index contributed by atoms with van der Waals surface area (Å²) in [4.78, 5) is 0. The highest BCUT2D eigenvalue weighted by atomic mass is 19.1. The lowest BCUT2D eigenvalue weighted by molar-refractivity contribution is 0.287. The summed E-state index contributed by atoms with van der Waals surface area (Å²) in [7, 11) is 1.88. The largest absolute Gasteiger partial charge is 0.242 e. The van der Waals surface area contributed by atoms with Gasteiger partial charge < -0.3 is 0 Å². The summed E-state index contributed by atoms with van der Waals surface area (Å²) >= 11 is 0. The zero-order valence-electron chi connectivity index (χ0n) is 12.4. The standard InChI is InChI=1S/C16H25BF2/c1-3-5-10-14(18)12-8-7-9-13(17)16(12)15(19)11-6-4-2/h7-9,14-15H,3-6,10-11,17H2,1-2H3. The Morgan fingerprint density at radius 1 is 1.00 bits per heavy atom. The maximum atomic E-state index is 14.4. The van der Waals surface area contributed by atoms with Gasteiger partial charge in [-0.1, -0.05) is 63.2 Å². The molecule has 1 aromatic carbocycles. The highest BCUT2D eigenvalue weighted by Crippen LogP contribution is 2.32. The van der Waals surface area contributed by atoms with Crippen molar-refractivity contribution in [2.75, 3.05) is 0 Å². The van der Waals surface area contributed by atoms with E-state index < -0.39 is 12.3 Å². The summed E-state index contributed by atoms with van der Waals surface area (Å²) in [5.74, 6) is 0. The monoisotopic (exact) mass is 266 g/mol. The first-order chi connectivity index (χ1) is 9.11. The quantitative estimate of drug-likeness (QED) is 0.614. The van der Waals surface area contributed by atoms with Crippen molar-refractivity contribution in [1.82, 2.24) is 0 Å². The van der Waals surface area contributed by atoms with Crippen molar-refractivity contribution in [3.8, 4) is 0 Å². The van der Waals surface area contributed by atoms with Crippen LogP contribution in [0.2, 0.25) is 0 Å². The highest BCUT2D eigenvalue weighted by Gasteiger charge is 2.21. The van der Waals surface area contributed by atoms with E-state index in [1.807, 2.05) is 33.8 Å². The van der Waals surface area contributed by atoms with Crippen molar-refractivity contribution in [3.05, 3.63) is 29.3 Å². The van der Waals surface area contributed by atoms with E-state index in [2.05, 4.69) is 0 Å². The van der Waals surface area contributed by atoms with Crippen molar-refractivity contribution in [2.24, 2.45) is 0 Å². The Bertz CT molecular complexity index is 379. The van der Waals surface area contributed by atoms with E-state index >= 15 is 0 Å². The predicted octanol–water partition coefficient (Wildman–Crippen LogP) is 4.35. The molecule has 0 spiro atoms. The molecule has 0 nitrogen and oxygen atoms in total. The van der Waals surface area contributed by atoms with Crippen LogP contribution in [0.15, 0.2) is 18.2 Å². The first-order valence-corrected chi connectivity index (χ1v) is 7.49. The molecule has 2 atom stereocenters. The summed E-state index contributed by atoms with van der Waals surface area (Å²) in [5, 5.41) is 0. The molecule has 1 rings (SSSR count). The number of alkyl halides is 2. The number of rotatable bonds is 8. The van der Waals surface area contributed by atoms with E-state index in [1.165, 1.54) is 0 Å². The summed E-state index contributed by atoms with van der Waals surface area (Å²) in [6, 6.07) is 5.46. The Balaban J connectivity index is 2.93. The molecule has 0 aliphatic rings. The lowest BCUT2D eigenvalue weighted by Crippen LogP contribution is -2.16. The van der Waals surface area contributed by atoms with Crippen LogP contribution in [0.3, 0.4) is 0 Å². The van der Waals surface area contributed by atoms with Gasteiger partial charge in [0.2, 0.25) is 0 Å². The van der Waals surface area contributed by atoms with Crippen molar-refractivity contribution in [2.45, 2.75) is 64.7 Å². The topological polar surface area (TPSA) is 0 Å². The molecule has 3 heteroatoms. The van der Waals surface area contributed by atoms with Crippen LogP contribution in [0.1, 0.15) is 75.8 Å².